The fourth-order valence-corrected chi connectivity index (χ4v) is 3.90. The molecule has 2 heterocycles. The molecule has 0 aliphatic rings. The average Bonchev–Trinajstić information content (AvgIpc) is 3.15. The smallest absolute Gasteiger partial charge is 0.220 e. The maximum atomic E-state index is 5.65. The number of benzene rings is 3. The van der Waals surface area contributed by atoms with Crippen molar-refractivity contribution in [2.24, 2.45) is 7.05 Å². The molecule has 0 radical (unpaired) electrons. The molecule has 0 amide bonds. The second kappa shape index (κ2) is 6.10. The maximum Gasteiger partial charge on any atom is 0.220 e. The number of aromatic nitrogens is 1. The lowest BCUT2D eigenvalue weighted by molar-refractivity contribution is -0.659. The predicted octanol–water partition coefficient (Wildman–Crippen LogP) is 6.05. The summed E-state index contributed by atoms with van der Waals surface area (Å²) in [6.45, 7) is 2.17. The first-order chi connectivity index (χ1) is 13.2. The Kier molecular flexibility index (Phi) is 3.58. The van der Waals surface area contributed by atoms with E-state index in [1.807, 2.05) is 6.07 Å². The van der Waals surface area contributed by atoms with Gasteiger partial charge in [0.05, 0.1) is 17.2 Å². The number of pyridine rings is 1. The van der Waals surface area contributed by atoms with Gasteiger partial charge >= 0.3 is 0 Å². The van der Waals surface area contributed by atoms with E-state index in [-0.39, 0.29) is 0 Å². The van der Waals surface area contributed by atoms with Crippen molar-refractivity contribution in [3.05, 3.63) is 90.8 Å². The second-order valence-electron chi connectivity index (χ2n) is 7.07. The number of hydrogen-bond acceptors (Lipinski definition) is 1. The third kappa shape index (κ3) is 2.61. The minimum absolute atomic E-state index is 0.925. The van der Waals surface area contributed by atoms with Crippen LogP contribution in [0.4, 0.5) is 0 Å². The van der Waals surface area contributed by atoms with Gasteiger partial charge in [0.25, 0.3) is 0 Å². The van der Waals surface area contributed by atoms with Crippen molar-refractivity contribution in [1.82, 2.24) is 0 Å². The van der Waals surface area contributed by atoms with Crippen molar-refractivity contribution >= 4 is 21.7 Å². The third-order valence-electron chi connectivity index (χ3n) is 5.30. The Hall–Kier alpha value is -3.39. The molecule has 0 saturated heterocycles. The molecule has 2 aromatic heterocycles. The molecule has 5 rings (SSSR count). The molecule has 0 N–H and O–H groups in total. The molecular weight excluding hydrogens is 330 g/mol. The van der Waals surface area contributed by atoms with Crippen molar-refractivity contribution in [3.63, 3.8) is 0 Å². The summed E-state index contributed by atoms with van der Waals surface area (Å²) in [7, 11) is 2.10. The van der Waals surface area contributed by atoms with Gasteiger partial charge in [-0.15, -0.1) is 0 Å². The number of aryl methyl sites for hydroxylation is 2. The van der Waals surface area contributed by atoms with Crippen molar-refractivity contribution in [2.45, 2.75) is 6.92 Å². The maximum absolute atomic E-state index is 5.65. The molecule has 3 aromatic carbocycles. The Morgan fingerprint density at radius 2 is 1.63 bits per heavy atom. The van der Waals surface area contributed by atoms with Gasteiger partial charge in [0.15, 0.2) is 6.20 Å². The Morgan fingerprint density at radius 1 is 0.778 bits per heavy atom. The summed E-state index contributed by atoms with van der Waals surface area (Å²) in [6.07, 6.45) is 3.89. The van der Waals surface area contributed by atoms with Crippen molar-refractivity contribution < 1.29 is 8.98 Å². The van der Waals surface area contributed by atoms with Crippen LogP contribution in [-0.2, 0) is 7.05 Å². The van der Waals surface area contributed by atoms with Crippen LogP contribution >= 0.6 is 0 Å². The molecule has 130 valence electrons. The topological polar surface area (TPSA) is 17.0 Å². The van der Waals surface area contributed by atoms with E-state index in [0.29, 0.717) is 0 Å². The second-order valence-corrected chi connectivity index (χ2v) is 7.07. The minimum Gasteiger partial charge on any atom is -0.464 e. The molecule has 0 bridgehead atoms. The van der Waals surface area contributed by atoms with Crippen molar-refractivity contribution in [1.29, 1.82) is 0 Å². The lowest BCUT2D eigenvalue weighted by Crippen LogP contribution is -2.30. The van der Waals surface area contributed by atoms with E-state index >= 15 is 0 Å². The highest BCUT2D eigenvalue weighted by molar-refractivity contribution is 5.97. The standard InChI is InChI=1S/C25H20NO/c1-17-14-21-11-13-27-24(21)16-23(17)25-22-9-8-19(18-6-4-3-5-7-18)15-20(22)10-12-26(25)2/h3-16H,1-2H3/q+1. The first-order valence-electron chi connectivity index (χ1n) is 9.17. The summed E-state index contributed by atoms with van der Waals surface area (Å²) in [6, 6.07) is 25.8. The van der Waals surface area contributed by atoms with Gasteiger partial charge in [-0.2, -0.15) is 0 Å². The van der Waals surface area contributed by atoms with Crippen LogP contribution in [0.25, 0.3) is 44.1 Å². The van der Waals surface area contributed by atoms with Crippen LogP contribution in [-0.4, -0.2) is 0 Å². The van der Waals surface area contributed by atoms with Gasteiger partial charge in [-0.3, -0.25) is 0 Å². The molecule has 5 aromatic rings. The van der Waals surface area contributed by atoms with Gasteiger partial charge in [-0.1, -0.05) is 36.4 Å². The van der Waals surface area contributed by atoms with Gasteiger partial charge in [-0.25, -0.2) is 4.57 Å². The van der Waals surface area contributed by atoms with Crippen molar-refractivity contribution in [3.8, 4) is 22.4 Å². The summed E-state index contributed by atoms with van der Waals surface area (Å²) < 4.78 is 7.85. The minimum atomic E-state index is 0.925. The van der Waals surface area contributed by atoms with Gasteiger partial charge < -0.3 is 4.42 Å². The summed E-state index contributed by atoms with van der Waals surface area (Å²) in [5.41, 5.74) is 7.07. The monoisotopic (exact) mass is 350 g/mol. The van der Waals surface area contributed by atoms with Crippen LogP contribution in [0.5, 0.6) is 0 Å². The van der Waals surface area contributed by atoms with Crippen LogP contribution in [0.2, 0.25) is 0 Å². The summed E-state index contributed by atoms with van der Waals surface area (Å²) in [5.74, 6) is 0. The quantitative estimate of drug-likeness (QED) is 0.354. The van der Waals surface area contributed by atoms with E-state index in [4.69, 9.17) is 4.42 Å². The summed E-state index contributed by atoms with van der Waals surface area (Å²) in [5, 5.41) is 3.63. The van der Waals surface area contributed by atoms with E-state index in [0.717, 1.165) is 11.0 Å². The molecule has 0 spiro atoms. The normalized spacial score (nSPS) is 11.3. The van der Waals surface area contributed by atoms with Crippen LogP contribution in [0.1, 0.15) is 5.56 Å². The first kappa shape index (κ1) is 15.8. The Bertz CT molecular complexity index is 1280. The number of furan rings is 1. The number of hydrogen-bond donors (Lipinski definition) is 0. The van der Waals surface area contributed by atoms with Crippen LogP contribution in [0.15, 0.2) is 89.7 Å². The molecule has 0 unspecified atom stereocenters. The molecule has 0 fully saturated rings. The average molecular weight is 350 g/mol. The van der Waals surface area contributed by atoms with Crippen LogP contribution in [0, 0.1) is 6.92 Å². The van der Waals surface area contributed by atoms with Gasteiger partial charge in [-0.05, 0) is 59.3 Å². The molecule has 2 nitrogen and oxygen atoms in total. The molecule has 0 saturated carbocycles. The molecule has 27 heavy (non-hydrogen) atoms. The zero-order valence-electron chi connectivity index (χ0n) is 15.4. The molecule has 0 aliphatic heterocycles. The number of fused-ring (bicyclic) bond motifs is 2. The van der Waals surface area contributed by atoms with Crippen LogP contribution in [0.3, 0.4) is 0 Å². The lowest BCUT2D eigenvalue weighted by atomic mass is 9.96. The highest BCUT2D eigenvalue weighted by Gasteiger charge is 2.18. The van der Waals surface area contributed by atoms with E-state index in [1.54, 1.807) is 6.26 Å². The zero-order valence-corrected chi connectivity index (χ0v) is 15.4. The highest BCUT2D eigenvalue weighted by Crippen LogP contribution is 2.33. The van der Waals surface area contributed by atoms with Gasteiger partial charge in [0, 0.05) is 11.5 Å². The Labute approximate surface area is 158 Å². The van der Waals surface area contributed by atoms with E-state index in [9.17, 15) is 0 Å². The van der Waals surface area contributed by atoms with E-state index in [2.05, 4.69) is 91.5 Å². The molecule has 0 atom stereocenters. The highest BCUT2D eigenvalue weighted by atomic mass is 16.3. The largest absolute Gasteiger partial charge is 0.464 e. The fourth-order valence-electron chi connectivity index (χ4n) is 3.90. The van der Waals surface area contributed by atoms with Gasteiger partial charge in [0.2, 0.25) is 5.69 Å². The van der Waals surface area contributed by atoms with Crippen molar-refractivity contribution in [2.75, 3.05) is 0 Å². The number of rotatable bonds is 2. The third-order valence-corrected chi connectivity index (χ3v) is 5.30. The van der Waals surface area contributed by atoms with Crippen LogP contribution < -0.4 is 4.57 Å². The van der Waals surface area contributed by atoms with Gasteiger partial charge in [0.1, 0.15) is 12.6 Å². The SMILES string of the molecule is Cc1cc2ccoc2cc1-c1c2ccc(-c3ccccc3)cc2cc[n+]1C. The summed E-state index contributed by atoms with van der Waals surface area (Å²) >= 11 is 0. The number of nitrogens with zero attached hydrogens (tertiary/aromatic N) is 1. The Morgan fingerprint density at radius 3 is 2.48 bits per heavy atom. The lowest BCUT2D eigenvalue weighted by Gasteiger charge is -2.10. The first-order valence-corrected chi connectivity index (χ1v) is 9.17. The predicted molar refractivity (Wildman–Crippen MR) is 111 cm³/mol. The zero-order chi connectivity index (χ0) is 18.4. The fraction of sp³-hybridized carbons (Fsp3) is 0.0800. The summed E-state index contributed by atoms with van der Waals surface area (Å²) in [4.78, 5) is 0. The Balaban J connectivity index is 1.76. The molecular formula is C25H20NO+. The van der Waals surface area contributed by atoms with E-state index in [1.165, 1.54) is 38.7 Å². The van der Waals surface area contributed by atoms with E-state index < -0.39 is 0 Å². The molecule has 0 aliphatic carbocycles. The molecule has 2 heteroatoms.